The molecule has 0 N–H and O–H groups in total. The van der Waals surface area contributed by atoms with E-state index in [9.17, 15) is 0 Å². The first kappa shape index (κ1) is 12.3. The predicted octanol–water partition coefficient (Wildman–Crippen LogP) is 5.27. The number of halogens is 1. The first-order valence-electron chi connectivity index (χ1n) is 6.50. The summed E-state index contributed by atoms with van der Waals surface area (Å²) in [6.45, 7) is 2.17. The summed E-state index contributed by atoms with van der Waals surface area (Å²) >= 11 is 5.93. The van der Waals surface area contributed by atoms with Crippen LogP contribution in [0, 0.1) is 0 Å². The normalized spacial score (nSPS) is 17.4. The van der Waals surface area contributed by atoms with Crippen LogP contribution in [0.3, 0.4) is 0 Å². The van der Waals surface area contributed by atoms with Crippen LogP contribution in [0.2, 0.25) is 5.02 Å². The molecule has 0 saturated carbocycles. The van der Waals surface area contributed by atoms with Crippen LogP contribution in [0.15, 0.2) is 54.6 Å². The zero-order valence-electron chi connectivity index (χ0n) is 10.8. The zero-order chi connectivity index (χ0) is 13.2. The Kier molecular flexibility index (Phi) is 3.31. The highest BCUT2D eigenvalue weighted by molar-refractivity contribution is 6.30. The first-order chi connectivity index (χ1) is 9.28. The van der Waals surface area contributed by atoms with Gasteiger partial charge in [0.1, 0.15) is 11.9 Å². The third-order valence-electron chi connectivity index (χ3n) is 3.42. The van der Waals surface area contributed by atoms with E-state index < -0.39 is 0 Å². The molecule has 0 bridgehead atoms. The van der Waals surface area contributed by atoms with Crippen molar-refractivity contribution >= 4 is 17.2 Å². The Hall–Kier alpha value is -1.73. The van der Waals surface area contributed by atoms with Gasteiger partial charge in [0.05, 0.1) is 0 Å². The third kappa shape index (κ3) is 2.39. The lowest BCUT2D eigenvalue weighted by Crippen LogP contribution is -2.11. The number of hydrogen-bond donors (Lipinski definition) is 0. The van der Waals surface area contributed by atoms with Crippen molar-refractivity contribution in [3.63, 3.8) is 0 Å². The lowest BCUT2D eigenvalue weighted by Gasteiger charge is -2.25. The van der Waals surface area contributed by atoms with Crippen LogP contribution < -0.4 is 4.74 Å². The topological polar surface area (TPSA) is 9.23 Å². The number of rotatable bonds is 2. The van der Waals surface area contributed by atoms with Gasteiger partial charge in [0, 0.05) is 10.6 Å². The quantitative estimate of drug-likeness (QED) is 0.723. The van der Waals surface area contributed by atoms with E-state index in [0.717, 1.165) is 22.8 Å². The van der Waals surface area contributed by atoms with E-state index in [4.69, 9.17) is 16.3 Å². The first-order valence-corrected chi connectivity index (χ1v) is 6.88. The molecule has 0 spiro atoms. The molecular formula is C17H15ClO. The number of hydrogen-bond acceptors (Lipinski definition) is 1. The zero-order valence-corrected chi connectivity index (χ0v) is 11.5. The van der Waals surface area contributed by atoms with E-state index in [2.05, 4.69) is 19.1 Å². The summed E-state index contributed by atoms with van der Waals surface area (Å²) < 4.78 is 6.07. The van der Waals surface area contributed by atoms with Gasteiger partial charge < -0.3 is 4.74 Å². The monoisotopic (exact) mass is 270 g/mol. The van der Waals surface area contributed by atoms with Crippen molar-refractivity contribution in [1.29, 1.82) is 0 Å². The minimum Gasteiger partial charge on any atom is -0.481 e. The van der Waals surface area contributed by atoms with E-state index in [1.807, 2.05) is 42.5 Å². The predicted molar refractivity (Wildman–Crippen MR) is 79.5 cm³/mol. The highest BCUT2D eigenvalue weighted by Gasteiger charge is 2.20. The summed E-state index contributed by atoms with van der Waals surface area (Å²) in [6.07, 6.45) is 3.18. The number of allylic oxidation sites excluding steroid dienone is 1. The van der Waals surface area contributed by atoms with Gasteiger partial charge in [-0.1, -0.05) is 48.9 Å². The summed E-state index contributed by atoms with van der Waals surface area (Å²) in [6, 6.07) is 16.0. The Labute approximate surface area is 118 Å². The average Bonchev–Trinajstić information content (AvgIpc) is 2.47. The molecule has 2 heteroatoms. The van der Waals surface area contributed by atoms with Crippen LogP contribution in [-0.4, -0.2) is 0 Å². The van der Waals surface area contributed by atoms with E-state index in [1.54, 1.807) is 0 Å². The fourth-order valence-electron chi connectivity index (χ4n) is 2.40. The fourth-order valence-corrected chi connectivity index (χ4v) is 2.53. The molecule has 0 saturated heterocycles. The Balaban J connectivity index is 2.01. The fraction of sp³-hybridized carbons (Fsp3) is 0.176. The summed E-state index contributed by atoms with van der Waals surface area (Å²) in [5, 5.41) is 0.750. The van der Waals surface area contributed by atoms with E-state index in [1.165, 1.54) is 11.1 Å². The van der Waals surface area contributed by atoms with E-state index in [-0.39, 0.29) is 6.10 Å². The molecule has 0 unspecified atom stereocenters. The molecule has 1 aliphatic rings. The van der Waals surface area contributed by atoms with Gasteiger partial charge >= 0.3 is 0 Å². The molecule has 1 atom stereocenters. The molecule has 1 nitrogen and oxygen atoms in total. The molecule has 96 valence electrons. The molecular weight excluding hydrogens is 256 g/mol. The molecule has 0 aliphatic carbocycles. The highest BCUT2D eigenvalue weighted by atomic mass is 35.5. The van der Waals surface area contributed by atoms with Gasteiger partial charge in [-0.05, 0) is 41.8 Å². The largest absolute Gasteiger partial charge is 0.481 e. The van der Waals surface area contributed by atoms with Gasteiger partial charge in [0.15, 0.2) is 0 Å². The summed E-state index contributed by atoms with van der Waals surface area (Å²) in [4.78, 5) is 0. The van der Waals surface area contributed by atoms with Crippen molar-refractivity contribution in [1.82, 2.24) is 0 Å². The average molecular weight is 271 g/mol. The molecule has 0 fully saturated rings. The SMILES string of the molecule is CCC1=C[C@H](c2ccc(Cl)cc2)Oc2ccccc21. The van der Waals surface area contributed by atoms with Gasteiger partial charge in [-0.2, -0.15) is 0 Å². The van der Waals surface area contributed by atoms with E-state index in [0.29, 0.717) is 0 Å². The van der Waals surface area contributed by atoms with Crippen molar-refractivity contribution in [2.24, 2.45) is 0 Å². The highest BCUT2D eigenvalue weighted by Crippen LogP contribution is 2.38. The van der Waals surface area contributed by atoms with Crippen LogP contribution in [0.4, 0.5) is 0 Å². The van der Waals surface area contributed by atoms with Crippen molar-refractivity contribution in [2.45, 2.75) is 19.4 Å². The van der Waals surface area contributed by atoms with Crippen molar-refractivity contribution in [3.8, 4) is 5.75 Å². The van der Waals surface area contributed by atoms with Crippen LogP contribution >= 0.6 is 11.6 Å². The number of para-hydroxylation sites is 1. The van der Waals surface area contributed by atoms with Gasteiger partial charge in [0.2, 0.25) is 0 Å². The molecule has 3 rings (SSSR count). The molecule has 0 aromatic heterocycles. The molecule has 0 amide bonds. The minimum atomic E-state index is -0.0258. The van der Waals surface area contributed by atoms with Gasteiger partial charge in [-0.3, -0.25) is 0 Å². The molecule has 2 aromatic carbocycles. The second-order valence-corrected chi connectivity index (χ2v) is 5.07. The van der Waals surface area contributed by atoms with Gasteiger partial charge in [0.25, 0.3) is 0 Å². The van der Waals surface area contributed by atoms with Crippen LogP contribution in [0.1, 0.15) is 30.6 Å². The summed E-state index contributed by atoms with van der Waals surface area (Å²) in [7, 11) is 0. The summed E-state index contributed by atoms with van der Waals surface area (Å²) in [5.74, 6) is 0.960. The third-order valence-corrected chi connectivity index (χ3v) is 3.67. The Bertz CT molecular complexity index is 613. The lowest BCUT2D eigenvalue weighted by molar-refractivity contribution is 0.250. The van der Waals surface area contributed by atoms with Crippen LogP contribution in [-0.2, 0) is 0 Å². The maximum atomic E-state index is 6.07. The molecule has 1 heterocycles. The van der Waals surface area contributed by atoms with Crippen molar-refractivity contribution < 1.29 is 4.74 Å². The Morgan fingerprint density at radius 2 is 1.79 bits per heavy atom. The maximum absolute atomic E-state index is 6.07. The Morgan fingerprint density at radius 1 is 1.05 bits per heavy atom. The number of benzene rings is 2. The lowest BCUT2D eigenvalue weighted by atomic mass is 9.95. The van der Waals surface area contributed by atoms with Crippen LogP contribution in [0.5, 0.6) is 5.75 Å². The number of fused-ring (bicyclic) bond motifs is 1. The smallest absolute Gasteiger partial charge is 0.143 e. The van der Waals surface area contributed by atoms with Crippen LogP contribution in [0.25, 0.3) is 5.57 Å². The van der Waals surface area contributed by atoms with Crippen molar-refractivity contribution in [2.75, 3.05) is 0 Å². The second-order valence-electron chi connectivity index (χ2n) is 4.63. The second kappa shape index (κ2) is 5.10. The maximum Gasteiger partial charge on any atom is 0.143 e. The van der Waals surface area contributed by atoms with E-state index >= 15 is 0 Å². The molecule has 2 aromatic rings. The van der Waals surface area contributed by atoms with Gasteiger partial charge in [-0.25, -0.2) is 0 Å². The Morgan fingerprint density at radius 3 is 2.53 bits per heavy atom. The molecule has 0 radical (unpaired) electrons. The molecule has 19 heavy (non-hydrogen) atoms. The van der Waals surface area contributed by atoms with Crippen molar-refractivity contribution in [3.05, 3.63) is 70.8 Å². The van der Waals surface area contributed by atoms with Gasteiger partial charge in [-0.15, -0.1) is 0 Å². The minimum absolute atomic E-state index is 0.0258. The number of ether oxygens (including phenoxy) is 1. The molecule has 1 aliphatic heterocycles. The summed E-state index contributed by atoms with van der Waals surface area (Å²) in [5.41, 5.74) is 3.67. The standard InChI is InChI=1S/C17H15ClO/c1-2-12-11-17(13-7-9-14(18)10-8-13)19-16-6-4-3-5-15(12)16/h3-11,17H,2H2,1H3/t17-/m1/s1.